The first-order valence-electron chi connectivity index (χ1n) is 6.71. The maximum Gasteiger partial charge on any atom is 0.251 e. The Hall–Kier alpha value is -1.42. The first-order chi connectivity index (χ1) is 9.08. The summed E-state index contributed by atoms with van der Waals surface area (Å²) in [4.78, 5) is 5.29. The van der Waals surface area contributed by atoms with Gasteiger partial charge in [-0.25, -0.2) is 8.78 Å². The lowest BCUT2D eigenvalue weighted by atomic mass is 9.93. The van der Waals surface area contributed by atoms with Gasteiger partial charge in [0.15, 0.2) is 0 Å². The number of benzene rings is 1. The molecule has 2 atom stereocenters. The SMILES string of the molecule is C[C@@H]1Cc2c([nH]c3ccccc23)[C@@H](C)N1CC(F)F.[HH]. The van der Waals surface area contributed by atoms with Crippen molar-refractivity contribution in [2.24, 2.45) is 0 Å². The van der Waals surface area contributed by atoms with Gasteiger partial charge in [-0.2, -0.15) is 0 Å². The molecule has 0 aliphatic carbocycles. The van der Waals surface area contributed by atoms with E-state index in [0.717, 1.165) is 17.6 Å². The van der Waals surface area contributed by atoms with Crippen LogP contribution in [0.25, 0.3) is 10.9 Å². The van der Waals surface area contributed by atoms with Crippen molar-refractivity contribution in [1.29, 1.82) is 0 Å². The largest absolute Gasteiger partial charge is 0.357 e. The van der Waals surface area contributed by atoms with E-state index in [-0.39, 0.29) is 20.1 Å². The third-order valence-corrected chi connectivity index (χ3v) is 4.18. The van der Waals surface area contributed by atoms with E-state index in [1.165, 1.54) is 10.9 Å². The lowest BCUT2D eigenvalue weighted by molar-refractivity contribution is 0.0399. The van der Waals surface area contributed by atoms with E-state index in [9.17, 15) is 8.78 Å². The van der Waals surface area contributed by atoms with Gasteiger partial charge < -0.3 is 4.98 Å². The Balaban J connectivity index is 0.00000147. The van der Waals surface area contributed by atoms with E-state index in [0.29, 0.717) is 0 Å². The average molecular weight is 266 g/mol. The Morgan fingerprint density at radius 2 is 2.11 bits per heavy atom. The number of hydrogen-bond acceptors (Lipinski definition) is 1. The monoisotopic (exact) mass is 266 g/mol. The fourth-order valence-corrected chi connectivity index (χ4v) is 3.26. The third-order valence-electron chi connectivity index (χ3n) is 4.18. The fourth-order valence-electron chi connectivity index (χ4n) is 3.26. The number of halogens is 2. The van der Waals surface area contributed by atoms with Gasteiger partial charge in [0.25, 0.3) is 6.43 Å². The fraction of sp³-hybridized carbons (Fsp3) is 0.467. The number of hydrogen-bond donors (Lipinski definition) is 1. The molecule has 1 aromatic carbocycles. The van der Waals surface area contributed by atoms with Crippen LogP contribution in [0.1, 0.15) is 32.6 Å². The molecule has 104 valence electrons. The molecule has 0 unspecified atom stereocenters. The zero-order valence-corrected chi connectivity index (χ0v) is 11.2. The first-order valence-corrected chi connectivity index (χ1v) is 6.71. The molecule has 1 N–H and O–H groups in total. The second-order valence-corrected chi connectivity index (χ2v) is 5.38. The Labute approximate surface area is 112 Å². The van der Waals surface area contributed by atoms with Gasteiger partial charge >= 0.3 is 0 Å². The zero-order chi connectivity index (χ0) is 13.6. The molecule has 19 heavy (non-hydrogen) atoms. The Morgan fingerprint density at radius 3 is 2.84 bits per heavy atom. The van der Waals surface area contributed by atoms with Gasteiger partial charge in [0.2, 0.25) is 0 Å². The minimum Gasteiger partial charge on any atom is -0.357 e. The van der Waals surface area contributed by atoms with Crippen LogP contribution >= 0.6 is 0 Å². The van der Waals surface area contributed by atoms with Gasteiger partial charge in [-0.1, -0.05) is 18.2 Å². The summed E-state index contributed by atoms with van der Waals surface area (Å²) in [5, 5.41) is 1.23. The van der Waals surface area contributed by atoms with Gasteiger partial charge in [-0.05, 0) is 31.9 Å². The van der Waals surface area contributed by atoms with Crippen molar-refractivity contribution in [3.8, 4) is 0 Å². The number of nitrogens with zero attached hydrogens (tertiary/aromatic N) is 1. The normalized spacial score (nSPS) is 24.1. The number of nitrogens with one attached hydrogen (secondary N) is 1. The topological polar surface area (TPSA) is 19.0 Å². The van der Waals surface area contributed by atoms with Crippen LogP contribution < -0.4 is 0 Å². The van der Waals surface area contributed by atoms with Gasteiger partial charge in [0, 0.05) is 30.1 Å². The van der Waals surface area contributed by atoms with Crippen molar-refractivity contribution in [1.82, 2.24) is 9.88 Å². The summed E-state index contributed by atoms with van der Waals surface area (Å²) in [6.45, 7) is 3.88. The molecule has 2 aromatic rings. The lowest BCUT2D eigenvalue weighted by Crippen LogP contribution is -2.43. The summed E-state index contributed by atoms with van der Waals surface area (Å²) in [5.41, 5.74) is 3.49. The van der Waals surface area contributed by atoms with Crippen LogP contribution in [0.4, 0.5) is 8.78 Å². The first kappa shape index (κ1) is 12.6. The van der Waals surface area contributed by atoms with Gasteiger partial charge in [-0.15, -0.1) is 0 Å². The minimum atomic E-state index is -2.28. The molecule has 0 fully saturated rings. The van der Waals surface area contributed by atoms with Crippen LogP contribution in [0.3, 0.4) is 0 Å². The Bertz CT molecular complexity index is 597. The highest BCUT2D eigenvalue weighted by Crippen LogP contribution is 2.36. The quantitative estimate of drug-likeness (QED) is 0.871. The van der Waals surface area contributed by atoms with Crippen molar-refractivity contribution >= 4 is 10.9 Å². The summed E-state index contributed by atoms with van der Waals surface area (Å²) in [6, 6.07) is 8.33. The predicted octanol–water partition coefficient (Wildman–Crippen LogP) is 3.99. The smallest absolute Gasteiger partial charge is 0.251 e. The third kappa shape index (κ3) is 2.04. The molecule has 0 bridgehead atoms. The second-order valence-electron chi connectivity index (χ2n) is 5.38. The van der Waals surface area contributed by atoms with Crippen molar-refractivity contribution in [2.45, 2.75) is 38.8 Å². The molecule has 0 radical (unpaired) electrons. The predicted molar refractivity (Wildman–Crippen MR) is 74.7 cm³/mol. The molecule has 1 aliphatic heterocycles. The zero-order valence-electron chi connectivity index (χ0n) is 11.2. The summed E-state index contributed by atoms with van der Waals surface area (Å²) in [7, 11) is 0. The van der Waals surface area contributed by atoms with Gasteiger partial charge in [-0.3, -0.25) is 4.90 Å². The number of aromatic nitrogens is 1. The standard InChI is InChI=1S/C15H18F2N2.H2/c1-9-7-12-11-5-3-4-6-13(11)18-15(12)10(2)19(9)8-14(16)17;/h3-6,9-10,14,18H,7-8H2,1-2H3;1H/t9-,10-;/m1./s1. The number of para-hydroxylation sites is 1. The number of H-pyrrole nitrogens is 1. The molecule has 3 rings (SSSR count). The van der Waals surface area contributed by atoms with Crippen molar-refractivity contribution in [3.05, 3.63) is 35.5 Å². The summed E-state index contributed by atoms with van der Waals surface area (Å²) in [6.07, 6.45) is -1.45. The second kappa shape index (κ2) is 4.60. The molecule has 0 amide bonds. The molecule has 1 aromatic heterocycles. The maximum absolute atomic E-state index is 12.7. The molecule has 4 heteroatoms. The van der Waals surface area contributed by atoms with Crippen molar-refractivity contribution in [3.63, 3.8) is 0 Å². The molecule has 0 saturated heterocycles. The molecule has 0 saturated carbocycles. The van der Waals surface area contributed by atoms with E-state index in [1.54, 1.807) is 0 Å². The highest BCUT2D eigenvalue weighted by molar-refractivity contribution is 5.85. The summed E-state index contributed by atoms with van der Waals surface area (Å²) >= 11 is 0. The number of aromatic amines is 1. The number of alkyl halides is 2. The van der Waals surface area contributed by atoms with Crippen LogP contribution in [-0.4, -0.2) is 28.9 Å². The number of rotatable bonds is 2. The van der Waals surface area contributed by atoms with Crippen LogP contribution in [0.2, 0.25) is 0 Å². The highest BCUT2D eigenvalue weighted by Gasteiger charge is 2.33. The maximum atomic E-state index is 12.7. The molecule has 2 heterocycles. The van der Waals surface area contributed by atoms with Gasteiger partial charge in [0.05, 0.1) is 6.54 Å². The lowest BCUT2D eigenvalue weighted by Gasteiger charge is -2.38. The van der Waals surface area contributed by atoms with E-state index in [2.05, 4.69) is 11.1 Å². The minimum absolute atomic E-state index is 0. The summed E-state index contributed by atoms with van der Waals surface area (Å²) < 4.78 is 25.4. The molecule has 1 aliphatic rings. The molecule has 0 spiro atoms. The van der Waals surface area contributed by atoms with Crippen LogP contribution in [-0.2, 0) is 6.42 Å². The molecular weight excluding hydrogens is 246 g/mol. The molecule has 2 nitrogen and oxygen atoms in total. The highest BCUT2D eigenvalue weighted by atomic mass is 19.3. The van der Waals surface area contributed by atoms with Gasteiger partial charge in [0.1, 0.15) is 0 Å². The average Bonchev–Trinajstić information content (AvgIpc) is 2.73. The van der Waals surface area contributed by atoms with E-state index < -0.39 is 6.43 Å². The Kier molecular flexibility index (Phi) is 3.05. The number of fused-ring (bicyclic) bond motifs is 3. The molecular formula is C15H20F2N2. The van der Waals surface area contributed by atoms with Crippen LogP contribution in [0.5, 0.6) is 0 Å². The van der Waals surface area contributed by atoms with Crippen molar-refractivity contribution < 1.29 is 10.2 Å². The van der Waals surface area contributed by atoms with E-state index in [4.69, 9.17) is 0 Å². The van der Waals surface area contributed by atoms with Crippen LogP contribution in [0, 0.1) is 0 Å². The Morgan fingerprint density at radius 1 is 1.37 bits per heavy atom. The van der Waals surface area contributed by atoms with E-state index >= 15 is 0 Å². The van der Waals surface area contributed by atoms with Crippen LogP contribution in [0.15, 0.2) is 24.3 Å². The van der Waals surface area contributed by atoms with E-state index in [1.807, 2.05) is 36.9 Å². The van der Waals surface area contributed by atoms with Crippen molar-refractivity contribution in [2.75, 3.05) is 6.54 Å². The summed E-state index contributed by atoms with van der Waals surface area (Å²) in [5.74, 6) is 0.